The van der Waals surface area contributed by atoms with E-state index in [9.17, 15) is 0 Å². The van der Waals surface area contributed by atoms with E-state index in [4.69, 9.17) is 0 Å². The van der Waals surface area contributed by atoms with E-state index < -0.39 is 0 Å². The van der Waals surface area contributed by atoms with Crippen molar-refractivity contribution in [3.8, 4) is 0 Å². The summed E-state index contributed by atoms with van der Waals surface area (Å²) in [6.45, 7) is 15.6. The molecule has 0 heterocycles. The molecule has 28 heavy (non-hydrogen) atoms. The zero-order chi connectivity index (χ0) is 20.7. The maximum absolute atomic E-state index is 2.34. The number of allylic oxidation sites excluding steroid dienone is 4. The van der Waals surface area contributed by atoms with Gasteiger partial charge in [-0.15, -0.1) is 0 Å². The minimum absolute atomic E-state index is 0.174. The third-order valence-electron chi connectivity index (χ3n) is 4.74. The van der Waals surface area contributed by atoms with Crippen molar-refractivity contribution in [2.45, 2.75) is 60.8 Å². The molecule has 0 aliphatic heterocycles. The van der Waals surface area contributed by atoms with Gasteiger partial charge in [0, 0.05) is 0 Å². The standard InChI is InChI=1S/C28H36/c1-8-9-25(18-19-28(5,6)7)27-20-24(16-17-26(27)21(2)3)15-14-23-12-10-22(4)11-13-23/h9-21H,8H2,1-7H3/b15-14+,19-18-,25-9-. The highest BCUT2D eigenvalue weighted by Gasteiger charge is 2.11. The molecule has 0 amide bonds. The second-order valence-electron chi connectivity index (χ2n) is 9.01. The molecule has 0 nitrogen and oxygen atoms in total. The van der Waals surface area contributed by atoms with Gasteiger partial charge >= 0.3 is 0 Å². The normalized spacial score (nSPS) is 13.2. The fourth-order valence-corrected chi connectivity index (χ4v) is 3.13. The Labute approximate surface area is 172 Å². The Morgan fingerprint density at radius 3 is 2.11 bits per heavy atom. The summed E-state index contributed by atoms with van der Waals surface area (Å²) in [6.07, 6.45) is 12.4. The molecule has 0 saturated heterocycles. The van der Waals surface area contributed by atoms with Crippen LogP contribution in [0.25, 0.3) is 17.7 Å². The molecule has 0 radical (unpaired) electrons. The molecule has 2 aromatic carbocycles. The number of rotatable bonds is 6. The zero-order valence-corrected chi connectivity index (χ0v) is 18.7. The Morgan fingerprint density at radius 2 is 1.54 bits per heavy atom. The van der Waals surface area contributed by atoms with E-state index in [-0.39, 0.29) is 5.41 Å². The molecule has 148 valence electrons. The first-order valence-electron chi connectivity index (χ1n) is 10.5. The molecule has 0 fully saturated rings. The van der Waals surface area contributed by atoms with Crippen LogP contribution in [0.5, 0.6) is 0 Å². The van der Waals surface area contributed by atoms with E-state index in [1.807, 2.05) is 0 Å². The van der Waals surface area contributed by atoms with E-state index in [0.29, 0.717) is 5.92 Å². The third kappa shape index (κ3) is 6.68. The van der Waals surface area contributed by atoms with Gasteiger partial charge in [-0.05, 0) is 58.6 Å². The van der Waals surface area contributed by atoms with Crippen LogP contribution in [0, 0.1) is 12.3 Å². The fraction of sp³-hybridized carbons (Fsp3) is 0.357. The summed E-state index contributed by atoms with van der Waals surface area (Å²) >= 11 is 0. The van der Waals surface area contributed by atoms with E-state index in [0.717, 1.165) is 6.42 Å². The Hall–Kier alpha value is -2.34. The summed E-state index contributed by atoms with van der Waals surface area (Å²) in [6, 6.07) is 15.5. The monoisotopic (exact) mass is 372 g/mol. The molecule has 0 spiro atoms. The van der Waals surface area contributed by atoms with Crippen molar-refractivity contribution < 1.29 is 0 Å². The van der Waals surface area contributed by atoms with Crippen LogP contribution in [0.15, 0.2) is 60.7 Å². The average molecular weight is 373 g/mol. The van der Waals surface area contributed by atoms with Gasteiger partial charge in [0.2, 0.25) is 0 Å². The lowest BCUT2D eigenvalue weighted by Crippen LogP contribution is -2.00. The highest BCUT2D eigenvalue weighted by Crippen LogP contribution is 2.30. The number of aryl methyl sites for hydroxylation is 1. The smallest absolute Gasteiger partial charge is 0.0147 e. The van der Waals surface area contributed by atoms with Crippen molar-refractivity contribution in [1.29, 1.82) is 0 Å². The highest BCUT2D eigenvalue weighted by atomic mass is 14.2. The van der Waals surface area contributed by atoms with Crippen LogP contribution >= 0.6 is 0 Å². The Morgan fingerprint density at radius 1 is 0.929 bits per heavy atom. The zero-order valence-electron chi connectivity index (χ0n) is 18.7. The summed E-state index contributed by atoms with van der Waals surface area (Å²) in [4.78, 5) is 0. The van der Waals surface area contributed by atoms with Crippen LogP contribution in [0.1, 0.15) is 81.7 Å². The van der Waals surface area contributed by atoms with Crippen molar-refractivity contribution in [2.75, 3.05) is 0 Å². The highest BCUT2D eigenvalue weighted by molar-refractivity contribution is 5.79. The van der Waals surface area contributed by atoms with Gasteiger partial charge < -0.3 is 0 Å². The molecule has 0 aliphatic rings. The molecule has 2 rings (SSSR count). The van der Waals surface area contributed by atoms with Crippen molar-refractivity contribution >= 4 is 17.7 Å². The van der Waals surface area contributed by atoms with E-state index in [1.54, 1.807) is 0 Å². The summed E-state index contributed by atoms with van der Waals surface area (Å²) in [5, 5.41) is 0. The van der Waals surface area contributed by atoms with Crippen molar-refractivity contribution in [3.63, 3.8) is 0 Å². The molecular weight excluding hydrogens is 336 g/mol. The largest absolute Gasteiger partial charge is 0.0785 e. The van der Waals surface area contributed by atoms with Crippen molar-refractivity contribution in [3.05, 3.63) is 88.5 Å². The fourth-order valence-electron chi connectivity index (χ4n) is 3.13. The van der Waals surface area contributed by atoms with Gasteiger partial charge in [-0.25, -0.2) is 0 Å². The maximum Gasteiger partial charge on any atom is -0.0147 e. The SMILES string of the molecule is CC/C=C(/C=C\C(C)(C)C)c1cc(/C=C/c2ccc(C)cc2)ccc1C(C)C. The molecule has 0 bridgehead atoms. The van der Waals surface area contributed by atoms with Crippen LogP contribution in [0.4, 0.5) is 0 Å². The Bertz CT molecular complexity index is 850. The maximum atomic E-state index is 2.34. The third-order valence-corrected chi connectivity index (χ3v) is 4.74. The van der Waals surface area contributed by atoms with Crippen LogP contribution < -0.4 is 0 Å². The van der Waals surface area contributed by atoms with Crippen LogP contribution in [0.2, 0.25) is 0 Å². The summed E-state index contributed by atoms with van der Waals surface area (Å²) in [5.41, 5.74) is 8.03. The van der Waals surface area contributed by atoms with Crippen LogP contribution in [-0.4, -0.2) is 0 Å². The molecular formula is C28H36. The number of hydrogen-bond donors (Lipinski definition) is 0. The summed E-state index contributed by atoms with van der Waals surface area (Å²) in [7, 11) is 0. The van der Waals surface area contributed by atoms with E-state index in [1.165, 1.54) is 33.4 Å². The van der Waals surface area contributed by atoms with Gasteiger partial charge in [-0.1, -0.05) is 114 Å². The quantitative estimate of drug-likeness (QED) is 0.351. The molecule has 0 N–H and O–H groups in total. The summed E-state index contributed by atoms with van der Waals surface area (Å²) in [5.74, 6) is 0.494. The van der Waals surface area contributed by atoms with Crippen LogP contribution in [-0.2, 0) is 0 Å². The Kier molecular flexibility index (Phi) is 7.63. The second-order valence-corrected chi connectivity index (χ2v) is 9.01. The predicted octanol–water partition coefficient (Wildman–Crippen LogP) is 8.68. The lowest BCUT2D eigenvalue weighted by Gasteiger charge is -2.17. The molecule has 0 aromatic heterocycles. The first kappa shape index (κ1) is 22.0. The molecule has 0 heteroatoms. The minimum atomic E-state index is 0.174. The molecule has 2 aromatic rings. The second kappa shape index (κ2) is 9.73. The molecule has 0 atom stereocenters. The van der Waals surface area contributed by atoms with Gasteiger partial charge in [-0.3, -0.25) is 0 Å². The van der Waals surface area contributed by atoms with E-state index >= 15 is 0 Å². The lowest BCUT2D eigenvalue weighted by molar-refractivity contribution is 0.544. The van der Waals surface area contributed by atoms with Gasteiger partial charge in [0.05, 0.1) is 0 Å². The first-order valence-corrected chi connectivity index (χ1v) is 10.5. The van der Waals surface area contributed by atoms with Gasteiger partial charge in [0.15, 0.2) is 0 Å². The molecule has 0 aliphatic carbocycles. The number of benzene rings is 2. The topological polar surface area (TPSA) is 0 Å². The molecule has 0 unspecified atom stereocenters. The van der Waals surface area contributed by atoms with Gasteiger partial charge in [0.25, 0.3) is 0 Å². The Balaban J connectivity index is 2.45. The predicted molar refractivity (Wildman–Crippen MR) is 128 cm³/mol. The molecule has 0 saturated carbocycles. The summed E-state index contributed by atoms with van der Waals surface area (Å²) < 4.78 is 0. The van der Waals surface area contributed by atoms with Gasteiger partial charge in [0.1, 0.15) is 0 Å². The van der Waals surface area contributed by atoms with Crippen LogP contribution in [0.3, 0.4) is 0 Å². The van der Waals surface area contributed by atoms with Crippen molar-refractivity contribution in [1.82, 2.24) is 0 Å². The average Bonchev–Trinajstić information content (AvgIpc) is 2.63. The first-order chi connectivity index (χ1) is 13.2. The minimum Gasteiger partial charge on any atom is -0.0785 e. The van der Waals surface area contributed by atoms with Crippen molar-refractivity contribution in [2.24, 2.45) is 5.41 Å². The van der Waals surface area contributed by atoms with E-state index in [2.05, 4.69) is 121 Å². The lowest BCUT2D eigenvalue weighted by atomic mass is 9.88. The van der Waals surface area contributed by atoms with Gasteiger partial charge in [-0.2, -0.15) is 0 Å². The number of hydrogen-bond acceptors (Lipinski definition) is 0.